The van der Waals surface area contributed by atoms with E-state index in [1.54, 1.807) is 15.9 Å². The van der Waals surface area contributed by atoms with Crippen LogP contribution in [0.25, 0.3) is 11.2 Å². The van der Waals surface area contributed by atoms with Gasteiger partial charge in [0.15, 0.2) is 5.65 Å². The quantitative estimate of drug-likeness (QED) is 0.699. The molecule has 0 atom stereocenters. The molecule has 1 aliphatic heterocycles. The number of imidazole rings is 1. The Kier molecular flexibility index (Phi) is 6.21. The minimum Gasteiger partial charge on any atom is -0.301 e. The van der Waals surface area contributed by atoms with Crippen molar-refractivity contribution in [2.75, 3.05) is 39.0 Å². The highest BCUT2D eigenvalue weighted by atomic mass is 32.2. The van der Waals surface area contributed by atoms with E-state index in [9.17, 15) is 13.2 Å². The molecule has 0 radical (unpaired) electrons. The molecule has 0 unspecified atom stereocenters. The average Bonchev–Trinajstić information content (AvgIpc) is 2.85. The van der Waals surface area contributed by atoms with Gasteiger partial charge in [-0.15, -0.1) is 0 Å². The summed E-state index contributed by atoms with van der Waals surface area (Å²) in [7, 11) is -1.30. The van der Waals surface area contributed by atoms with Gasteiger partial charge < -0.3 is 4.90 Å². The molecule has 9 heteroatoms. The van der Waals surface area contributed by atoms with Gasteiger partial charge in [-0.05, 0) is 36.9 Å². The Morgan fingerprint density at radius 1 is 1.10 bits per heavy atom. The van der Waals surface area contributed by atoms with E-state index >= 15 is 0 Å². The Balaban J connectivity index is 1.62. The summed E-state index contributed by atoms with van der Waals surface area (Å²) in [6.07, 6.45) is 3.06. The Morgan fingerprint density at radius 2 is 1.76 bits per heavy atom. The van der Waals surface area contributed by atoms with Gasteiger partial charge in [0.05, 0.1) is 11.8 Å². The summed E-state index contributed by atoms with van der Waals surface area (Å²) in [5.41, 5.74) is 2.59. The number of piperazine rings is 1. The fourth-order valence-corrected chi connectivity index (χ4v) is 4.67. The molecule has 0 bridgehead atoms. The first-order chi connectivity index (χ1) is 13.5. The molecular formula is C20H33N5O3S. The van der Waals surface area contributed by atoms with Crippen LogP contribution in [0.1, 0.15) is 32.9 Å². The maximum atomic E-state index is 12.6. The van der Waals surface area contributed by atoms with E-state index in [-0.39, 0.29) is 11.1 Å². The Morgan fingerprint density at radius 3 is 2.34 bits per heavy atom. The monoisotopic (exact) mass is 423 g/mol. The minimum absolute atomic E-state index is 0.0118. The van der Waals surface area contributed by atoms with Crippen LogP contribution in [0.15, 0.2) is 16.9 Å². The number of pyridine rings is 1. The molecule has 2 aromatic heterocycles. The summed E-state index contributed by atoms with van der Waals surface area (Å²) < 4.78 is 28.2. The van der Waals surface area contributed by atoms with Gasteiger partial charge in [-0.3, -0.25) is 9.13 Å². The third-order valence-electron chi connectivity index (χ3n) is 5.38. The summed E-state index contributed by atoms with van der Waals surface area (Å²) >= 11 is 0. The van der Waals surface area contributed by atoms with Gasteiger partial charge in [-0.25, -0.2) is 18.2 Å². The number of aromatic nitrogens is 3. The van der Waals surface area contributed by atoms with Crippen LogP contribution in [0.3, 0.4) is 0 Å². The van der Waals surface area contributed by atoms with Crippen molar-refractivity contribution in [3.05, 3.63) is 28.3 Å². The van der Waals surface area contributed by atoms with E-state index in [4.69, 9.17) is 4.98 Å². The topological polar surface area (TPSA) is 80.4 Å². The zero-order valence-electron chi connectivity index (χ0n) is 18.2. The summed E-state index contributed by atoms with van der Waals surface area (Å²) in [6, 6.07) is 4.03. The van der Waals surface area contributed by atoms with E-state index in [2.05, 4.69) is 25.7 Å². The fourth-order valence-electron chi connectivity index (χ4n) is 3.85. The van der Waals surface area contributed by atoms with Crippen molar-refractivity contribution in [3.63, 3.8) is 0 Å². The highest BCUT2D eigenvalue weighted by molar-refractivity contribution is 7.88. The molecule has 3 heterocycles. The van der Waals surface area contributed by atoms with Crippen LogP contribution >= 0.6 is 0 Å². The highest BCUT2D eigenvalue weighted by Crippen LogP contribution is 2.20. The highest BCUT2D eigenvalue weighted by Gasteiger charge is 2.23. The molecule has 2 aromatic rings. The van der Waals surface area contributed by atoms with Crippen molar-refractivity contribution in [1.29, 1.82) is 0 Å². The number of hydrogen-bond acceptors (Lipinski definition) is 5. The first kappa shape index (κ1) is 22.0. The van der Waals surface area contributed by atoms with Gasteiger partial charge in [0.1, 0.15) is 0 Å². The van der Waals surface area contributed by atoms with Crippen molar-refractivity contribution in [3.8, 4) is 0 Å². The molecule has 0 amide bonds. The van der Waals surface area contributed by atoms with Crippen molar-refractivity contribution < 1.29 is 8.42 Å². The third kappa shape index (κ3) is 5.26. The predicted molar refractivity (Wildman–Crippen MR) is 116 cm³/mol. The Labute approximate surface area is 173 Å². The molecule has 1 fully saturated rings. The van der Waals surface area contributed by atoms with Gasteiger partial charge >= 0.3 is 5.69 Å². The van der Waals surface area contributed by atoms with Crippen molar-refractivity contribution in [2.24, 2.45) is 12.5 Å². The molecule has 0 N–H and O–H groups in total. The number of fused-ring (bicyclic) bond motifs is 1. The van der Waals surface area contributed by atoms with Gasteiger partial charge in [-0.2, -0.15) is 4.31 Å². The van der Waals surface area contributed by atoms with Gasteiger partial charge in [0.2, 0.25) is 10.0 Å². The first-order valence-electron chi connectivity index (χ1n) is 10.2. The first-order valence-corrected chi connectivity index (χ1v) is 12.0. The normalized spacial score (nSPS) is 17.3. The maximum Gasteiger partial charge on any atom is 0.330 e. The number of nitrogens with zero attached hydrogens (tertiary/aromatic N) is 5. The average molecular weight is 424 g/mol. The molecule has 0 spiro atoms. The molecule has 1 saturated heterocycles. The van der Waals surface area contributed by atoms with Crippen LogP contribution in [0.2, 0.25) is 0 Å². The summed E-state index contributed by atoms with van der Waals surface area (Å²) in [5, 5.41) is 0. The summed E-state index contributed by atoms with van der Waals surface area (Å²) in [4.78, 5) is 19.7. The molecule has 0 aromatic carbocycles. The SMILES string of the molecule is Cn1c(=O)n(CC(C)(C)C)c2ccc(CCCN3CCN(S(C)(=O)=O)CC3)nc21. The molecule has 29 heavy (non-hydrogen) atoms. The lowest BCUT2D eigenvalue weighted by atomic mass is 9.97. The van der Waals surface area contributed by atoms with Crippen LogP contribution in [-0.2, 0) is 30.0 Å². The van der Waals surface area contributed by atoms with Crippen LogP contribution in [0.5, 0.6) is 0 Å². The van der Waals surface area contributed by atoms with E-state index in [1.165, 1.54) is 6.26 Å². The van der Waals surface area contributed by atoms with Crippen molar-refractivity contribution >= 4 is 21.2 Å². The van der Waals surface area contributed by atoms with Gasteiger partial charge in [0, 0.05) is 45.5 Å². The van der Waals surface area contributed by atoms with Crippen LogP contribution < -0.4 is 5.69 Å². The molecule has 0 aliphatic carbocycles. The van der Waals surface area contributed by atoms with E-state index in [0.717, 1.165) is 49.3 Å². The smallest absolute Gasteiger partial charge is 0.301 e. The number of sulfonamides is 1. The Hall–Kier alpha value is -1.71. The predicted octanol–water partition coefficient (Wildman–Crippen LogP) is 1.29. The molecule has 3 rings (SSSR count). The second-order valence-electron chi connectivity index (χ2n) is 9.24. The second-order valence-corrected chi connectivity index (χ2v) is 11.2. The van der Waals surface area contributed by atoms with Crippen LogP contribution in [0.4, 0.5) is 0 Å². The molecule has 1 aliphatic rings. The number of hydrogen-bond donors (Lipinski definition) is 0. The van der Waals surface area contributed by atoms with E-state index in [0.29, 0.717) is 19.6 Å². The molecular weight excluding hydrogens is 390 g/mol. The zero-order chi connectivity index (χ0) is 21.4. The summed E-state index contributed by atoms with van der Waals surface area (Å²) in [5.74, 6) is 0. The lowest BCUT2D eigenvalue weighted by Crippen LogP contribution is -2.48. The lowest BCUT2D eigenvalue weighted by Gasteiger charge is -2.33. The second kappa shape index (κ2) is 8.20. The Bertz CT molecular complexity index is 1020. The molecule has 0 saturated carbocycles. The molecule has 8 nitrogen and oxygen atoms in total. The van der Waals surface area contributed by atoms with Crippen molar-refractivity contribution in [1.82, 2.24) is 23.3 Å². The van der Waals surface area contributed by atoms with E-state index < -0.39 is 10.0 Å². The standard InChI is InChI=1S/C20H33N5O3S/c1-20(2,3)15-25-17-9-8-16(21-18(17)22(4)19(25)26)7-6-10-23-11-13-24(14-12-23)29(5,27)28/h8-9H,6-7,10-15H2,1-5H3. The molecule has 162 valence electrons. The summed E-state index contributed by atoms with van der Waals surface area (Å²) in [6.45, 7) is 10.6. The van der Waals surface area contributed by atoms with Crippen LogP contribution in [0, 0.1) is 5.41 Å². The van der Waals surface area contributed by atoms with Gasteiger partial charge in [0.25, 0.3) is 0 Å². The largest absolute Gasteiger partial charge is 0.330 e. The lowest BCUT2D eigenvalue weighted by molar-refractivity contribution is 0.187. The number of rotatable bonds is 6. The maximum absolute atomic E-state index is 12.6. The minimum atomic E-state index is -3.08. The van der Waals surface area contributed by atoms with Gasteiger partial charge in [-0.1, -0.05) is 20.8 Å². The van der Waals surface area contributed by atoms with Crippen LogP contribution in [-0.4, -0.2) is 70.7 Å². The third-order valence-corrected chi connectivity index (χ3v) is 6.68. The van der Waals surface area contributed by atoms with E-state index in [1.807, 2.05) is 16.7 Å². The zero-order valence-corrected chi connectivity index (χ0v) is 19.0. The number of aryl methyl sites for hydroxylation is 2. The fraction of sp³-hybridized carbons (Fsp3) is 0.700. The van der Waals surface area contributed by atoms with Crippen molar-refractivity contribution in [2.45, 2.75) is 40.2 Å².